The number of carboxylic acids is 1. The molecule has 0 bridgehead atoms. The number of hydrogen-bond donors (Lipinski definition) is 1. The number of thioether (sulfide) groups is 1. The van der Waals surface area contributed by atoms with Gasteiger partial charge in [0.05, 0.1) is 16.8 Å². The van der Waals surface area contributed by atoms with Crippen molar-refractivity contribution in [3.05, 3.63) is 21.8 Å². The third kappa shape index (κ3) is 3.95. The third-order valence-electron chi connectivity index (χ3n) is 2.60. The standard InChI is InChI=1S/C12H13IN2O3S2/c1-20(18)5-4-15-10-3-2-8(13)6-9(10)14-12(15)19-7-11(16)17/h2-3,6H,4-5,7H2,1H3,(H,16,17). The molecule has 0 saturated heterocycles. The van der Waals surface area contributed by atoms with Crippen LogP contribution in [0.3, 0.4) is 0 Å². The predicted octanol–water partition coefficient (Wildman–Crippen LogP) is 2.20. The lowest BCUT2D eigenvalue weighted by Gasteiger charge is -2.07. The predicted molar refractivity (Wildman–Crippen MR) is 89.7 cm³/mol. The number of hydrogen-bond acceptors (Lipinski definition) is 4. The van der Waals surface area contributed by atoms with Crippen LogP contribution in [0.1, 0.15) is 0 Å². The number of carbonyl (C=O) groups is 1. The van der Waals surface area contributed by atoms with E-state index in [1.54, 1.807) is 6.26 Å². The van der Waals surface area contributed by atoms with Gasteiger partial charge in [0.15, 0.2) is 5.16 Å². The van der Waals surface area contributed by atoms with Gasteiger partial charge in [-0.05, 0) is 40.8 Å². The Morgan fingerprint density at radius 3 is 2.95 bits per heavy atom. The fourth-order valence-corrected chi connectivity index (χ4v) is 3.43. The summed E-state index contributed by atoms with van der Waals surface area (Å²) in [6.45, 7) is 0.572. The summed E-state index contributed by atoms with van der Waals surface area (Å²) < 4.78 is 14.3. The number of nitrogens with zero attached hydrogens (tertiary/aromatic N) is 2. The molecule has 2 rings (SSSR count). The summed E-state index contributed by atoms with van der Waals surface area (Å²) in [5.41, 5.74) is 1.79. The highest BCUT2D eigenvalue weighted by Gasteiger charge is 2.13. The minimum atomic E-state index is -0.894. The molecule has 1 heterocycles. The highest BCUT2D eigenvalue weighted by Crippen LogP contribution is 2.25. The molecule has 0 radical (unpaired) electrons. The van der Waals surface area contributed by atoms with E-state index in [1.807, 2.05) is 22.8 Å². The average molecular weight is 424 g/mol. The average Bonchev–Trinajstić information content (AvgIpc) is 2.70. The van der Waals surface area contributed by atoms with Crippen molar-refractivity contribution in [2.75, 3.05) is 17.8 Å². The second-order valence-corrected chi connectivity index (χ2v) is 7.88. The van der Waals surface area contributed by atoms with Crippen LogP contribution in [0, 0.1) is 3.57 Å². The maximum atomic E-state index is 11.3. The molecule has 1 unspecified atom stereocenters. The molecule has 1 N–H and O–H groups in total. The molecule has 0 fully saturated rings. The van der Waals surface area contributed by atoms with Crippen LogP contribution in [-0.4, -0.2) is 42.6 Å². The summed E-state index contributed by atoms with van der Waals surface area (Å²) in [4.78, 5) is 15.2. The van der Waals surface area contributed by atoms with Crippen LogP contribution in [0.2, 0.25) is 0 Å². The lowest BCUT2D eigenvalue weighted by Crippen LogP contribution is -2.08. The molecular weight excluding hydrogens is 411 g/mol. The number of rotatable bonds is 6. The monoisotopic (exact) mass is 424 g/mol. The molecule has 2 aromatic rings. The Morgan fingerprint density at radius 1 is 1.55 bits per heavy atom. The molecule has 0 amide bonds. The normalized spacial score (nSPS) is 12.7. The minimum absolute atomic E-state index is 0.0321. The van der Waals surface area contributed by atoms with E-state index >= 15 is 0 Å². The first-order valence-corrected chi connectivity index (χ1v) is 9.57. The smallest absolute Gasteiger partial charge is 0.313 e. The molecule has 0 spiro atoms. The molecule has 108 valence electrons. The zero-order chi connectivity index (χ0) is 14.7. The van der Waals surface area contributed by atoms with Crippen LogP contribution in [0.25, 0.3) is 11.0 Å². The fraction of sp³-hybridized carbons (Fsp3) is 0.333. The summed E-state index contributed by atoms with van der Waals surface area (Å²) in [5.74, 6) is -0.379. The van der Waals surface area contributed by atoms with Crippen molar-refractivity contribution in [3.8, 4) is 0 Å². The van der Waals surface area contributed by atoms with Crippen LogP contribution in [0.4, 0.5) is 0 Å². The summed E-state index contributed by atoms with van der Waals surface area (Å²) in [6, 6.07) is 5.91. The van der Waals surface area contributed by atoms with E-state index in [0.717, 1.165) is 14.6 Å². The van der Waals surface area contributed by atoms with Gasteiger partial charge >= 0.3 is 5.97 Å². The molecule has 1 aromatic carbocycles. The van der Waals surface area contributed by atoms with Gasteiger partial charge in [0.25, 0.3) is 0 Å². The number of halogens is 1. The van der Waals surface area contributed by atoms with E-state index in [-0.39, 0.29) is 5.75 Å². The first-order valence-electron chi connectivity index (χ1n) is 5.78. The summed E-state index contributed by atoms with van der Waals surface area (Å²) in [7, 11) is -0.894. The number of aromatic nitrogens is 2. The number of carboxylic acid groups (broad SMARTS) is 1. The van der Waals surface area contributed by atoms with Crippen molar-refractivity contribution >= 4 is 62.2 Å². The van der Waals surface area contributed by atoms with E-state index in [2.05, 4.69) is 27.6 Å². The van der Waals surface area contributed by atoms with Crippen LogP contribution < -0.4 is 0 Å². The van der Waals surface area contributed by atoms with Gasteiger partial charge in [0, 0.05) is 32.9 Å². The maximum absolute atomic E-state index is 11.3. The summed E-state index contributed by atoms with van der Waals surface area (Å²) in [6.07, 6.45) is 1.66. The van der Waals surface area contributed by atoms with E-state index in [0.29, 0.717) is 17.5 Å². The van der Waals surface area contributed by atoms with Gasteiger partial charge in [-0.3, -0.25) is 9.00 Å². The maximum Gasteiger partial charge on any atom is 0.313 e. The molecule has 1 aromatic heterocycles. The second kappa shape index (κ2) is 6.90. The van der Waals surface area contributed by atoms with Crippen molar-refractivity contribution in [2.45, 2.75) is 11.7 Å². The molecule has 20 heavy (non-hydrogen) atoms. The largest absolute Gasteiger partial charge is 0.481 e. The van der Waals surface area contributed by atoms with E-state index < -0.39 is 16.8 Å². The highest BCUT2D eigenvalue weighted by molar-refractivity contribution is 14.1. The number of benzene rings is 1. The Balaban J connectivity index is 2.39. The Labute approximate surface area is 136 Å². The first kappa shape index (κ1) is 15.8. The quantitative estimate of drug-likeness (QED) is 0.569. The number of aryl methyl sites for hydroxylation is 1. The summed E-state index contributed by atoms with van der Waals surface area (Å²) >= 11 is 3.40. The highest BCUT2D eigenvalue weighted by atomic mass is 127. The molecule has 0 aliphatic rings. The summed E-state index contributed by atoms with van der Waals surface area (Å²) in [5, 5.41) is 9.46. The topological polar surface area (TPSA) is 72.2 Å². The Hall–Kier alpha value is -0.610. The van der Waals surface area contributed by atoms with Crippen molar-refractivity contribution in [1.82, 2.24) is 9.55 Å². The SMILES string of the molecule is CS(=O)CCn1c(SCC(=O)O)nc2cc(I)ccc21. The molecular formula is C12H13IN2O3S2. The number of fused-ring (bicyclic) bond motifs is 1. The van der Waals surface area contributed by atoms with Crippen molar-refractivity contribution in [3.63, 3.8) is 0 Å². The molecule has 1 atom stereocenters. The lowest BCUT2D eigenvalue weighted by molar-refractivity contribution is -0.133. The van der Waals surface area contributed by atoms with Gasteiger partial charge in [-0.25, -0.2) is 4.98 Å². The van der Waals surface area contributed by atoms with Gasteiger partial charge in [-0.15, -0.1) is 0 Å². The zero-order valence-corrected chi connectivity index (χ0v) is 14.5. The Bertz CT molecular complexity index is 672. The van der Waals surface area contributed by atoms with Gasteiger partial charge < -0.3 is 9.67 Å². The van der Waals surface area contributed by atoms with E-state index in [9.17, 15) is 9.00 Å². The van der Waals surface area contributed by atoms with Crippen LogP contribution in [0.5, 0.6) is 0 Å². The van der Waals surface area contributed by atoms with Crippen LogP contribution in [-0.2, 0) is 22.1 Å². The Kier molecular flexibility index (Phi) is 5.44. The van der Waals surface area contributed by atoms with Crippen LogP contribution in [0.15, 0.2) is 23.4 Å². The molecule has 0 aliphatic carbocycles. The zero-order valence-electron chi connectivity index (χ0n) is 10.7. The first-order chi connectivity index (χ1) is 9.47. The van der Waals surface area contributed by atoms with E-state index in [1.165, 1.54) is 11.8 Å². The molecule has 0 aliphatic heterocycles. The van der Waals surface area contributed by atoms with Gasteiger partial charge in [0.2, 0.25) is 0 Å². The van der Waals surface area contributed by atoms with Gasteiger partial charge in [-0.1, -0.05) is 11.8 Å². The number of imidazole rings is 1. The molecule has 5 nitrogen and oxygen atoms in total. The van der Waals surface area contributed by atoms with E-state index in [4.69, 9.17) is 5.11 Å². The Morgan fingerprint density at radius 2 is 2.30 bits per heavy atom. The van der Waals surface area contributed by atoms with Gasteiger partial charge in [-0.2, -0.15) is 0 Å². The third-order valence-corrected chi connectivity index (χ3v) is 4.99. The molecule has 0 saturated carbocycles. The fourth-order valence-electron chi connectivity index (χ4n) is 1.75. The molecule has 8 heteroatoms. The van der Waals surface area contributed by atoms with Crippen molar-refractivity contribution in [2.24, 2.45) is 0 Å². The van der Waals surface area contributed by atoms with Crippen molar-refractivity contribution < 1.29 is 14.1 Å². The lowest BCUT2D eigenvalue weighted by atomic mass is 10.3. The van der Waals surface area contributed by atoms with Crippen molar-refractivity contribution in [1.29, 1.82) is 0 Å². The second-order valence-electron chi connectivity index (χ2n) is 4.14. The van der Waals surface area contributed by atoms with Crippen LogP contribution >= 0.6 is 34.4 Å². The minimum Gasteiger partial charge on any atom is -0.481 e. The number of aliphatic carboxylic acids is 1. The van der Waals surface area contributed by atoms with Gasteiger partial charge in [0.1, 0.15) is 0 Å².